The van der Waals surface area contributed by atoms with Crippen LogP contribution in [-0.4, -0.2) is 17.7 Å². The largest absolute Gasteiger partial charge is 0.481 e. The molecule has 17 heavy (non-hydrogen) atoms. The number of alkyl halides is 3. The fraction of sp³-hybridized carbons (Fsp3) is 0.300. The zero-order chi connectivity index (χ0) is 13.0. The predicted molar refractivity (Wildman–Crippen MR) is 53.9 cm³/mol. The van der Waals surface area contributed by atoms with Gasteiger partial charge in [0, 0.05) is 17.5 Å². The van der Waals surface area contributed by atoms with Gasteiger partial charge in [-0.3, -0.25) is 4.79 Å². The molecule has 0 amide bonds. The lowest BCUT2D eigenvalue weighted by molar-refractivity contribution is -0.136. The van der Waals surface area contributed by atoms with Crippen LogP contribution in [0.2, 0.25) is 0 Å². The van der Waals surface area contributed by atoms with Gasteiger partial charge >= 0.3 is 12.6 Å². The van der Waals surface area contributed by atoms with Gasteiger partial charge < -0.3 is 9.84 Å². The van der Waals surface area contributed by atoms with Gasteiger partial charge in [-0.15, -0.1) is 11.6 Å². The standard InChI is InChI=1S/C10H8ClF3O3/c11-4-5-1-6(12)2-8(17-10(13)14)7(5)3-9(15)16/h1-2,10H,3-4H2,(H,15,16). The van der Waals surface area contributed by atoms with Gasteiger partial charge in [0.25, 0.3) is 0 Å². The number of rotatable bonds is 5. The van der Waals surface area contributed by atoms with Crippen molar-refractivity contribution in [1.29, 1.82) is 0 Å². The molecule has 0 aliphatic heterocycles. The molecule has 0 aromatic heterocycles. The summed E-state index contributed by atoms with van der Waals surface area (Å²) in [6.45, 7) is -3.16. The highest BCUT2D eigenvalue weighted by molar-refractivity contribution is 6.17. The molecule has 1 N–H and O–H groups in total. The Kier molecular flexibility index (Phi) is 4.62. The highest BCUT2D eigenvalue weighted by Crippen LogP contribution is 2.27. The van der Waals surface area contributed by atoms with Gasteiger partial charge in [0.05, 0.1) is 6.42 Å². The number of carbonyl (C=O) groups is 1. The van der Waals surface area contributed by atoms with Crippen molar-refractivity contribution < 1.29 is 27.8 Å². The lowest BCUT2D eigenvalue weighted by Crippen LogP contribution is -2.10. The fourth-order valence-corrected chi connectivity index (χ4v) is 1.58. The zero-order valence-corrected chi connectivity index (χ0v) is 9.18. The first-order valence-corrected chi connectivity index (χ1v) is 5.01. The molecule has 1 aromatic rings. The average molecular weight is 269 g/mol. The molecule has 1 aromatic carbocycles. The second-order valence-corrected chi connectivity index (χ2v) is 3.39. The molecule has 0 heterocycles. The summed E-state index contributed by atoms with van der Waals surface area (Å²) in [5.41, 5.74) is 0.0684. The number of benzene rings is 1. The summed E-state index contributed by atoms with van der Waals surface area (Å²) in [4.78, 5) is 10.6. The minimum absolute atomic E-state index is 0.0470. The first-order chi connectivity index (χ1) is 7.93. The Morgan fingerprint density at radius 1 is 1.47 bits per heavy atom. The fourth-order valence-electron chi connectivity index (χ4n) is 1.34. The number of carboxylic acids is 1. The zero-order valence-electron chi connectivity index (χ0n) is 8.42. The van der Waals surface area contributed by atoms with Crippen molar-refractivity contribution in [3.63, 3.8) is 0 Å². The van der Waals surface area contributed by atoms with E-state index in [1.54, 1.807) is 0 Å². The first kappa shape index (κ1) is 13.6. The summed E-state index contributed by atoms with van der Waals surface area (Å²) in [5.74, 6) is -2.76. The third kappa shape index (κ3) is 3.81. The Morgan fingerprint density at radius 3 is 2.59 bits per heavy atom. The van der Waals surface area contributed by atoms with Crippen LogP contribution in [0.4, 0.5) is 13.2 Å². The van der Waals surface area contributed by atoms with Gasteiger partial charge in [0.15, 0.2) is 0 Å². The van der Waals surface area contributed by atoms with Gasteiger partial charge in [-0.05, 0) is 11.6 Å². The van der Waals surface area contributed by atoms with Crippen LogP contribution in [0, 0.1) is 5.82 Å². The second-order valence-electron chi connectivity index (χ2n) is 3.12. The van der Waals surface area contributed by atoms with Crippen molar-refractivity contribution in [2.24, 2.45) is 0 Å². The molecule has 0 saturated heterocycles. The first-order valence-electron chi connectivity index (χ1n) is 4.48. The van der Waals surface area contributed by atoms with Crippen LogP contribution in [0.15, 0.2) is 12.1 Å². The van der Waals surface area contributed by atoms with E-state index < -0.39 is 30.6 Å². The summed E-state index contributed by atoms with van der Waals surface area (Å²) in [6, 6.07) is 1.70. The van der Waals surface area contributed by atoms with Crippen LogP contribution in [0.1, 0.15) is 11.1 Å². The highest BCUT2D eigenvalue weighted by atomic mass is 35.5. The van der Waals surface area contributed by atoms with Crippen molar-refractivity contribution in [1.82, 2.24) is 0 Å². The van der Waals surface area contributed by atoms with E-state index in [1.807, 2.05) is 0 Å². The van der Waals surface area contributed by atoms with E-state index in [9.17, 15) is 18.0 Å². The van der Waals surface area contributed by atoms with Crippen LogP contribution in [0.3, 0.4) is 0 Å². The number of hydrogen-bond donors (Lipinski definition) is 1. The molecule has 0 unspecified atom stereocenters. The Hall–Kier alpha value is -1.43. The van der Waals surface area contributed by atoms with E-state index in [0.717, 1.165) is 6.07 Å². The predicted octanol–water partition coefficient (Wildman–Crippen LogP) is 2.79. The number of hydrogen-bond acceptors (Lipinski definition) is 2. The lowest BCUT2D eigenvalue weighted by Gasteiger charge is -2.13. The van der Waals surface area contributed by atoms with Gasteiger partial charge in [-0.1, -0.05) is 0 Å². The van der Waals surface area contributed by atoms with E-state index in [2.05, 4.69) is 4.74 Å². The van der Waals surface area contributed by atoms with Crippen LogP contribution in [0.25, 0.3) is 0 Å². The van der Waals surface area contributed by atoms with Crippen LogP contribution in [0.5, 0.6) is 5.75 Å². The van der Waals surface area contributed by atoms with Gasteiger partial charge in [0.2, 0.25) is 0 Å². The lowest BCUT2D eigenvalue weighted by atomic mass is 10.0. The molecule has 3 nitrogen and oxygen atoms in total. The minimum atomic E-state index is -3.16. The number of halogens is 4. The van der Waals surface area contributed by atoms with Gasteiger partial charge in [-0.25, -0.2) is 4.39 Å². The molecule has 0 atom stereocenters. The smallest absolute Gasteiger partial charge is 0.387 e. The molecule has 0 aliphatic rings. The molecular weight excluding hydrogens is 261 g/mol. The Morgan fingerprint density at radius 2 is 2.12 bits per heavy atom. The van der Waals surface area contributed by atoms with E-state index in [4.69, 9.17) is 16.7 Å². The summed E-state index contributed by atoms with van der Waals surface area (Å²) in [7, 11) is 0. The molecular formula is C10H8ClF3O3. The third-order valence-corrected chi connectivity index (χ3v) is 2.24. The van der Waals surface area contributed by atoms with Gasteiger partial charge in [0.1, 0.15) is 11.6 Å². The SMILES string of the molecule is O=C(O)Cc1c(CCl)cc(F)cc1OC(F)F. The summed E-state index contributed by atoms with van der Waals surface area (Å²) in [6.07, 6.45) is -0.565. The van der Waals surface area contributed by atoms with Crippen molar-refractivity contribution in [2.45, 2.75) is 18.9 Å². The van der Waals surface area contributed by atoms with Crippen LogP contribution < -0.4 is 4.74 Å². The Balaban J connectivity index is 3.22. The maximum absolute atomic E-state index is 13.1. The molecule has 0 aliphatic carbocycles. The average Bonchev–Trinajstić information content (AvgIpc) is 2.20. The quantitative estimate of drug-likeness (QED) is 0.835. The maximum atomic E-state index is 13.1. The van der Waals surface area contributed by atoms with Crippen molar-refractivity contribution in [3.05, 3.63) is 29.1 Å². The van der Waals surface area contributed by atoms with Crippen molar-refractivity contribution in [2.75, 3.05) is 0 Å². The molecule has 0 saturated carbocycles. The topological polar surface area (TPSA) is 46.5 Å². The molecule has 0 spiro atoms. The van der Waals surface area contributed by atoms with Crippen molar-refractivity contribution >= 4 is 17.6 Å². The molecule has 0 radical (unpaired) electrons. The molecule has 7 heteroatoms. The van der Waals surface area contributed by atoms with E-state index >= 15 is 0 Å². The molecule has 0 bridgehead atoms. The summed E-state index contributed by atoms with van der Waals surface area (Å²) in [5, 5.41) is 8.63. The maximum Gasteiger partial charge on any atom is 0.387 e. The number of carboxylic acid groups (broad SMARTS) is 1. The molecule has 0 fully saturated rings. The highest BCUT2D eigenvalue weighted by Gasteiger charge is 2.17. The minimum Gasteiger partial charge on any atom is -0.481 e. The number of aliphatic carboxylic acids is 1. The second kappa shape index (κ2) is 5.77. The monoisotopic (exact) mass is 268 g/mol. The third-order valence-electron chi connectivity index (χ3n) is 1.95. The normalized spacial score (nSPS) is 10.6. The summed E-state index contributed by atoms with van der Waals surface area (Å²) < 4.78 is 41.3. The van der Waals surface area contributed by atoms with E-state index in [1.165, 1.54) is 0 Å². The Labute approximate surface area is 99.8 Å². The number of ether oxygens (including phenoxy) is 1. The molecule has 94 valence electrons. The Bertz CT molecular complexity index is 424. The van der Waals surface area contributed by atoms with E-state index in [-0.39, 0.29) is 17.0 Å². The summed E-state index contributed by atoms with van der Waals surface area (Å²) >= 11 is 5.49. The van der Waals surface area contributed by atoms with E-state index in [0.29, 0.717) is 6.07 Å². The van der Waals surface area contributed by atoms with Crippen molar-refractivity contribution in [3.8, 4) is 5.75 Å². The van der Waals surface area contributed by atoms with Gasteiger partial charge in [-0.2, -0.15) is 8.78 Å². The van der Waals surface area contributed by atoms with Crippen LogP contribution in [-0.2, 0) is 17.1 Å². The molecule has 1 rings (SSSR count). The van der Waals surface area contributed by atoms with Crippen LogP contribution >= 0.6 is 11.6 Å².